The summed E-state index contributed by atoms with van der Waals surface area (Å²) in [5, 5.41) is 7.06. The van der Waals surface area contributed by atoms with Gasteiger partial charge in [0, 0.05) is 24.2 Å². The molecule has 0 radical (unpaired) electrons. The van der Waals surface area contributed by atoms with Crippen LogP contribution in [-0.4, -0.2) is 21.7 Å². The van der Waals surface area contributed by atoms with Crippen molar-refractivity contribution >= 4 is 22.9 Å². The summed E-state index contributed by atoms with van der Waals surface area (Å²) in [6.07, 6.45) is 2.01. The van der Waals surface area contributed by atoms with Gasteiger partial charge >= 0.3 is 0 Å². The van der Waals surface area contributed by atoms with Crippen LogP contribution in [0.2, 0.25) is 0 Å². The molecule has 94 valence electrons. The lowest BCUT2D eigenvalue weighted by Gasteiger charge is -2.13. The number of thiocarbonyl (C=S) groups is 1. The second-order valence-electron chi connectivity index (χ2n) is 3.89. The fourth-order valence-electron chi connectivity index (χ4n) is 1.71. The molecule has 0 saturated carbocycles. The highest BCUT2D eigenvalue weighted by Gasteiger charge is 2.07. The first-order valence-electron chi connectivity index (χ1n) is 5.57. The molecule has 2 aromatic rings. The molecular weight excluding hydrogens is 248 g/mol. The number of para-hydroxylation sites is 1. The van der Waals surface area contributed by atoms with Crippen LogP contribution in [0.5, 0.6) is 0 Å². The molecule has 0 atom stereocenters. The second kappa shape index (κ2) is 5.59. The number of nitrogens with zero attached hydrogens (tertiary/aromatic N) is 2. The van der Waals surface area contributed by atoms with Crippen LogP contribution in [0.25, 0.3) is 0 Å². The van der Waals surface area contributed by atoms with E-state index >= 15 is 0 Å². The monoisotopic (exact) mass is 262 g/mol. The molecule has 0 aliphatic carbocycles. The summed E-state index contributed by atoms with van der Waals surface area (Å²) in [6.45, 7) is 2.71. The Hall–Kier alpha value is -1.95. The second-order valence-corrected chi connectivity index (χ2v) is 4.33. The average Bonchev–Trinajstić information content (AvgIpc) is 2.84. The van der Waals surface area contributed by atoms with E-state index in [1.807, 2.05) is 25.1 Å². The third kappa shape index (κ3) is 2.84. The van der Waals surface area contributed by atoms with Crippen LogP contribution >= 0.6 is 12.2 Å². The Kier molecular flexibility index (Phi) is 3.88. The van der Waals surface area contributed by atoms with Crippen LogP contribution in [0.3, 0.4) is 0 Å². The molecule has 0 saturated heterocycles. The average molecular weight is 262 g/mol. The Labute approximate surface area is 110 Å². The summed E-state index contributed by atoms with van der Waals surface area (Å²) in [4.78, 5) is 4.35. The third-order valence-corrected chi connectivity index (χ3v) is 2.82. The van der Waals surface area contributed by atoms with Crippen molar-refractivity contribution in [1.82, 2.24) is 10.1 Å². The van der Waals surface area contributed by atoms with Gasteiger partial charge in [0.1, 0.15) is 4.99 Å². The lowest BCUT2D eigenvalue weighted by atomic mass is 10.1. The Morgan fingerprint density at radius 1 is 1.50 bits per heavy atom. The van der Waals surface area contributed by atoms with E-state index in [1.165, 1.54) is 6.39 Å². The van der Waals surface area contributed by atoms with Gasteiger partial charge in [-0.1, -0.05) is 29.5 Å². The molecule has 0 unspecified atom stereocenters. The number of rotatable bonds is 5. The minimum Gasteiger partial charge on any atom is -0.389 e. The molecule has 0 amide bonds. The number of hydrogen-bond acceptors (Lipinski definition) is 5. The molecule has 1 aromatic carbocycles. The lowest BCUT2D eigenvalue weighted by Crippen LogP contribution is -2.15. The quantitative estimate of drug-likeness (QED) is 0.798. The zero-order valence-corrected chi connectivity index (χ0v) is 10.8. The van der Waals surface area contributed by atoms with Crippen molar-refractivity contribution in [2.75, 3.05) is 11.9 Å². The third-order valence-electron chi connectivity index (χ3n) is 2.60. The fourth-order valence-corrected chi connectivity index (χ4v) is 1.88. The minimum absolute atomic E-state index is 0.390. The standard InChI is InChI=1S/C12H14N4OS/c1-8-3-2-4-9(12(13)18)11(8)14-6-5-10-15-7-17-16-10/h2-4,7,14H,5-6H2,1H3,(H2,13,18). The first-order chi connectivity index (χ1) is 8.68. The topological polar surface area (TPSA) is 77.0 Å². The molecule has 2 rings (SSSR count). The highest BCUT2D eigenvalue weighted by molar-refractivity contribution is 7.80. The van der Waals surface area contributed by atoms with Gasteiger partial charge in [-0.05, 0) is 18.6 Å². The molecule has 3 N–H and O–H groups in total. The fraction of sp³-hybridized carbons (Fsp3) is 0.250. The highest BCUT2D eigenvalue weighted by atomic mass is 32.1. The lowest BCUT2D eigenvalue weighted by molar-refractivity contribution is 0.410. The number of nitrogens with two attached hydrogens (primary N) is 1. The molecule has 1 heterocycles. The molecule has 1 aromatic heterocycles. The van der Waals surface area contributed by atoms with Crippen LogP contribution in [0.15, 0.2) is 29.1 Å². The van der Waals surface area contributed by atoms with Crippen molar-refractivity contribution in [3.05, 3.63) is 41.5 Å². The molecule has 18 heavy (non-hydrogen) atoms. The van der Waals surface area contributed by atoms with Crippen LogP contribution in [0.1, 0.15) is 17.0 Å². The van der Waals surface area contributed by atoms with Crippen LogP contribution in [0.4, 0.5) is 5.69 Å². The predicted octanol–water partition coefficient (Wildman–Crippen LogP) is 1.67. The van der Waals surface area contributed by atoms with Crippen LogP contribution < -0.4 is 11.1 Å². The molecule has 0 aliphatic heterocycles. The van der Waals surface area contributed by atoms with Crippen molar-refractivity contribution in [3.63, 3.8) is 0 Å². The van der Waals surface area contributed by atoms with Crippen molar-refractivity contribution in [1.29, 1.82) is 0 Å². The normalized spacial score (nSPS) is 10.3. The molecule has 6 heteroatoms. The minimum atomic E-state index is 0.390. The van der Waals surface area contributed by atoms with Gasteiger partial charge in [-0.15, -0.1) is 0 Å². The van der Waals surface area contributed by atoms with Gasteiger partial charge in [-0.2, -0.15) is 4.98 Å². The smallest absolute Gasteiger partial charge is 0.213 e. The van der Waals surface area contributed by atoms with Gasteiger partial charge in [0.05, 0.1) is 0 Å². The summed E-state index contributed by atoms with van der Waals surface area (Å²) >= 11 is 5.04. The van der Waals surface area contributed by atoms with Crippen LogP contribution in [0, 0.1) is 6.92 Å². The maximum Gasteiger partial charge on any atom is 0.213 e. The molecular formula is C12H14N4OS. The van der Waals surface area contributed by atoms with Crippen molar-refractivity contribution in [3.8, 4) is 0 Å². The van der Waals surface area contributed by atoms with E-state index in [9.17, 15) is 0 Å². The number of aromatic nitrogens is 2. The number of nitrogens with one attached hydrogen (secondary N) is 1. The molecule has 0 fully saturated rings. The SMILES string of the molecule is Cc1cccc(C(N)=S)c1NCCc1ncon1. The zero-order chi connectivity index (χ0) is 13.0. The van der Waals surface area contributed by atoms with Crippen molar-refractivity contribution in [2.45, 2.75) is 13.3 Å². The maximum atomic E-state index is 5.70. The summed E-state index contributed by atoms with van der Waals surface area (Å²) in [6, 6.07) is 5.86. The van der Waals surface area contributed by atoms with E-state index in [4.69, 9.17) is 18.0 Å². The van der Waals surface area contributed by atoms with E-state index in [2.05, 4.69) is 20.0 Å². The Balaban J connectivity index is 2.06. The van der Waals surface area contributed by atoms with Gasteiger partial charge in [0.25, 0.3) is 0 Å². The summed E-state index contributed by atoms with van der Waals surface area (Å²) < 4.78 is 4.67. The Bertz CT molecular complexity index is 539. The van der Waals surface area contributed by atoms with Crippen LogP contribution in [-0.2, 0) is 6.42 Å². The summed E-state index contributed by atoms with van der Waals surface area (Å²) in [5.41, 5.74) is 8.63. The molecule has 0 aliphatic rings. The van der Waals surface area contributed by atoms with Crippen molar-refractivity contribution in [2.24, 2.45) is 5.73 Å². The molecule has 0 spiro atoms. The molecule has 5 nitrogen and oxygen atoms in total. The predicted molar refractivity (Wildman–Crippen MR) is 73.6 cm³/mol. The number of hydrogen-bond donors (Lipinski definition) is 2. The van der Waals surface area contributed by atoms with E-state index in [0.717, 1.165) is 16.8 Å². The highest BCUT2D eigenvalue weighted by Crippen LogP contribution is 2.20. The van der Waals surface area contributed by atoms with E-state index in [1.54, 1.807) is 0 Å². The first-order valence-corrected chi connectivity index (χ1v) is 5.98. The largest absolute Gasteiger partial charge is 0.389 e. The van der Waals surface area contributed by atoms with E-state index in [0.29, 0.717) is 23.8 Å². The Morgan fingerprint density at radius 2 is 2.33 bits per heavy atom. The van der Waals surface area contributed by atoms with Gasteiger partial charge in [-0.3, -0.25) is 0 Å². The van der Waals surface area contributed by atoms with E-state index in [-0.39, 0.29) is 0 Å². The number of anilines is 1. The van der Waals surface area contributed by atoms with Gasteiger partial charge in [-0.25, -0.2) is 0 Å². The maximum absolute atomic E-state index is 5.70. The first kappa shape index (κ1) is 12.5. The molecule has 0 bridgehead atoms. The van der Waals surface area contributed by atoms with Gasteiger partial charge in [0.2, 0.25) is 6.39 Å². The van der Waals surface area contributed by atoms with Gasteiger partial charge in [0.15, 0.2) is 5.82 Å². The van der Waals surface area contributed by atoms with Crippen molar-refractivity contribution < 1.29 is 4.52 Å². The number of aryl methyl sites for hydroxylation is 1. The number of benzene rings is 1. The summed E-state index contributed by atoms with van der Waals surface area (Å²) in [5.74, 6) is 0.674. The van der Waals surface area contributed by atoms with E-state index < -0.39 is 0 Å². The Morgan fingerprint density at radius 3 is 3.00 bits per heavy atom. The zero-order valence-electron chi connectivity index (χ0n) is 10.0. The van der Waals surface area contributed by atoms with Gasteiger partial charge < -0.3 is 15.6 Å². The summed E-state index contributed by atoms with van der Waals surface area (Å²) in [7, 11) is 0.